The summed E-state index contributed by atoms with van der Waals surface area (Å²) in [7, 11) is 0. The molecule has 1 unspecified atom stereocenters. The highest BCUT2D eigenvalue weighted by Crippen LogP contribution is 2.26. The van der Waals surface area contributed by atoms with Crippen LogP contribution in [0.25, 0.3) is 0 Å². The Hall–Kier alpha value is -1.71. The summed E-state index contributed by atoms with van der Waals surface area (Å²) in [6.45, 7) is 2.63. The molecule has 1 aromatic carbocycles. The molecule has 1 aliphatic rings. The summed E-state index contributed by atoms with van der Waals surface area (Å²) in [6.07, 6.45) is 2.94. The minimum atomic E-state index is 0.217. The topological polar surface area (TPSA) is 42.1 Å². The molecule has 98 valence electrons. The summed E-state index contributed by atoms with van der Waals surface area (Å²) in [5.74, 6) is 0. The standard InChI is InChI=1S/C16H19N3/c17-11-16(15-7-3-4-9-18-15)19-10-8-13-5-1-2-6-14(13)12-19/h1-7,9,16H,8,10-12,17H2. The van der Waals surface area contributed by atoms with Gasteiger partial charge in [0.15, 0.2) is 0 Å². The maximum atomic E-state index is 5.97. The molecular formula is C16H19N3. The fourth-order valence-corrected chi connectivity index (χ4v) is 2.81. The highest BCUT2D eigenvalue weighted by molar-refractivity contribution is 5.29. The molecule has 0 fully saturated rings. The fraction of sp³-hybridized carbons (Fsp3) is 0.312. The van der Waals surface area contributed by atoms with Gasteiger partial charge in [0, 0.05) is 25.8 Å². The van der Waals surface area contributed by atoms with Crippen molar-refractivity contribution in [2.75, 3.05) is 13.1 Å². The zero-order chi connectivity index (χ0) is 13.1. The molecule has 3 rings (SSSR count). The lowest BCUT2D eigenvalue weighted by molar-refractivity contribution is 0.180. The molecule has 0 saturated carbocycles. The number of fused-ring (bicyclic) bond motifs is 1. The first-order chi connectivity index (χ1) is 9.38. The first-order valence-electron chi connectivity index (χ1n) is 6.80. The van der Waals surface area contributed by atoms with E-state index in [0.717, 1.165) is 25.2 Å². The van der Waals surface area contributed by atoms with Gasteiger partial charge in [0.25, 0.3) is 0 Å². The number of pyridine rings is 1. The molecule has 2 N–H and O–H groups in total. The summed E-state index contributed by atoms with van der Waals surface area (Å²) in [4.78, 5) is 6.89. The van der Waals surface area contributed by atoms with Crippen molar-refractivity contribution in [3.63, 3.8) is 0 Å². The van der Waals surface area contributed by atoms with Crippen LogP contribution in [-0.2, 0) is 13.0 Å². The number of benzene rings is 1. The van der Waals surface area contributed by atoms with Gasteiger partial charge >= 0.3 is 0 Å². The fourth-order valence-electron chi connectivity index (χ4n) is 2.81. The number of hydrogen-bond donors (Lipinski definition) is 1. The van der Waals surface area contributed by atoms with Gasteiger partial charge in [-0.05, 0) is 29.7 Å². The monoisotopic (exact) mass is 253 g/mol. The molecule has 0 saturated heterocycles. The van der Waals surface area contributed by atoms with E-state index in [0.29, 0.717) is 6.54 Å². The minimum absolute atomic E-state index is 0.217. The van der Waals surface area contributed by atoms with Crippen LogP contribution >= 0.6 is 0 Å². The maximum absolute atomic E-state index is 5.97. The molecule has 3 heteroatoms. The molecule has 1 aliphatic heterocycles. The molecule has 0 aliphatic carbocycles. The predicted octanol–water partition coefficient (Wildman–Crippen LogP) is 2.14. The van der Waals surface area contributed by atoms with E-state index in [-0.39, 0.29) is 6.04 Å². The minimum Gasteiger partial charge on any atom is -0.329 e. The third-order valence-electron chi connectivity index (χ3n) is 3.85. The Kier molecular flexibility index (Phi) is 3.58. The van der Waals surface area contributed by atoms with E-state index < -0.39 is 0 Å². The molecule has 2 heterocycles. The Bertz CT molecular complexity index is 539. The van der Waals surface area contributed by atoms with Gasteiger partial charge < -0.3 is 5.73 Å². The van der Waals surface area contributed by atoms with Crippen LogP contribution in [0.4, 0.5) is 0 Å². The van der Waals surface area contributed by atoms with Crippen LogP contribution in [0.15, 0.2) is 48.7 Å². The Labute approximate surface area is 114 Å². The van der Waals surface area contributed by atoms with Gasteiger partial charge in [0.05, 0.1) is 11.7 Å². The lowest BCUT2D eigenvalue weighted by Crippen LogP contribution is -2.38. The second-order valence-electron chi connectivity index (χ2n) is 5.00. The summed E-state index contributed by atoms with van der Waals surface area (Å²) < 4.78 is 0. The van der Waals surface area contributed by atoms with Crippen molar-refractivity contribution in [2.45, 2.75) is 19.0 Å². The quantitative estimate of drug-likeness (QED) is 0.911. The SMILES string of the molecule is NCC(c1ccccn1)N1CCc2ccccc2C1. The zero-order valence-electron chi connectivity index (χ0n) is 11.0. The van der Waals surface area contributed by atoms with E-state index >= 15 is 0 Å². The smallest absolute Gasteiger partial charge is 0.0647 e. The number of rotatable bonds is 3. The first-order valence-corrected chi connectivity index (χ1v) is 6.80. The molecule has 0 bridgehead atoms. The Morgan fingerprint density at radius 1 is 1.11 bits per heavy atom. The van der Waals surface area contributed by atoms with Crippen LogP contribution in [0.2, 0.25) is 0 Å². The third kappa shape index (κ3) is 2.53. The summed E-state index contributed by atoms with van der Waals surface area (Å²) in [5, 5.41) is 0. The lowest BCUT2D eigenvalue weighted by Gasteiger charge is -2.34. The van der Waals surface area contributed by atoms with Gasteiger partial charge in [-0.3, -0.25) is 9.88 Å². The van der Waals surface area contributed by atoms with Crippen LogP contribution in [0.1, 0.15) is 22.9 Å². The number of aromatic nitrogens is 1. The van der Waals surface area contributed by atoms with Gasteiger partial charge in [-0.25, -0.2) is 0 Å². The van der Waals surface area contributed by atoms with E-state index in [1.807, 2.05) is 18.3 Å². The molecule has 3 nitrogen and oxygen atoms in total. The van der Waals surface area contributed by atoms with Crippen molar-refractivity contribution in [3.05, 3.63) is 65.5 Å². The molecule has 0 spiro atoms. The number of nitrogens with two attached hydrogens (primary N) is 1. The van der Waals surface area contributed by atoms with Gasteiger partial charge in [-0.1, -0.05) is 30.3 Å². The van der Waals surface area contributed by atoms with E-state index in [2.05, 4.69) is 40.2 Å². The average molecular weight is 253 g/mol. The second kappa shape index (κ2) is 5.51. The summed E-state index contributed by atoms with van der Waals surface area (Å²) in [5.41, 5.74) is 9.94. The van der Waals surface area contributed by atoms with Crippen LogP contribution in [0.5, 0.6) is 0 Å². The molecule has 1 aromatic heterocycles. The van der Waals surface area contributed by atoms with Crippen LogP contribution in [0, 0.1) is 0 Å². The van der Waals surface area contributed by atoms with Gasteiger partial charge in [0.2, 0.25) is 0 Å². The van der Waals surface area contributed by atoms with E-state index in [1.165, 1.54) is 11.1 Å². The Morgan fingerprint density at radius 2 is 1.89 bits per heavy atom. The molecule has 2 aromatic rings. The second-order valence-corrected chi connectivity index (χ2v) is 5.00. The van der Waals surface area contributed by atoms with Crippen LogP contribution < -0.4 is 5.73 Å². The van der Waals surface area contributed by atoms with E-state index in [1.54, 1.807) is 0 Å². The highest BCUT2D eigenvalue weighted by atomic mass is 15.2. The van der Waals surface area contributed by atoms with Crippen molar-refractivity contribution in [3.8, 4) is 0 Å². The number of nitrogens with zero attached hydrogens (tertiary/aromatic N) is 2. The predicted molar refractivity (Wildman–Crippen MR) is 76.6 cm³/mol. The number of hydrogen-bond acceptors (Lipinski definition) is 3. The maximum Gasteiger partial charge on any atom is 0.0647 e. The van der Waals surface area contributed by atoms with Crippen LogP contribution in [-0.4, -0.2) is 23.0 Å². The van der Waals surface area contributed by atoms with E-state index in [4.69, 9.17) is 5.73 Å². The summed E-state index contributed by atoms with van der Waals surface area (Å²) >= 11 is 0. The van der Waals surface area contributed by atoms with Gasteiger partial charge in [0.1, 0.15) is 0 Å². The van der Waals surface area contributed by atoms with Crippen molar-refractivity contribution >= 4 is 0 Å². The third-order valence-corrected chi connectivity index (χ3v) is 3.85. The molecule has 0 amide bonds. The Morgan fingerprint density at radius 3 is 2.63 bits per heavy atom. The highest BCUT2D eigenvalue weighted by Gasteiger charge is 2.24. The van der Waals surface area contributed by atoms with E-state index in [9.17, 15) is 0 Å². The van der Waals surface area contributed by atoms with Crippen molar-refractivity contribution in [1.29, 1.82) is 0 Å². The van der Waals surface area contributed by atoms with Crippen LogP contribution in [0.3, 0.4) is 0 Å². The molecule has 0 radical (unpaired) electrons. The normalized spacial score (nSPS) is 16.9. The lowest BCUT2D eigenvalue weighted by atomic mass is 9.98. The average Bonchev–Trinajstić information content (AvgIpc) is 2.49. The van der Waals surface area contributed by atoms with Gasteiger partial charge in [-0.15, -0.1) is 0 Å². The largest absolute Gasteiger partial charge is 0.329 e. The summed E-state index contributed by atoms with van der Waals surface area (Å²) in [6, 6.07) is 14.9. The van der Waals surface area contributed by atoms with Crippen molar-refractivity contribution in [1.82, 2.24) is 9.88 Å². The molecule has 1 atom stereocenters. The van der Waals surface area contributed by atoms with Crippen molar-refractivity contribution < 1.29 is 0 Å². The molecular weight excluding hydrogens is 234 g/mol. The Balaban J connectivity index is 1.83. The van der Waals surface area contributed by atoms with Gasteiger partial charge in [-0.2, -0.15) is 0 Å². The van der Waals surface area contributed by atoms with Crippen molar-refractivity contribution in [2.24, 2.45) is 5.73 Å². The molecule has 19 heavy (non-hydrogen) atoms. The zero-order valence-corrected chi connectivity index (χ0v) is 11.0. The first kappa shape index (κ1) is 12.3.